The van der Waals surface area contributed by atoms with Crippen LogP contribution in [0.4, 0.5) is 4.39 Å². The summed E-state index contributed by atoms with van der Waals surface area (Å²) in [5.74, 6) is -1.93. The Balaban J connectivity index is 1.68. The number of amides is 2. The molecule has 10 heteroatoms. The Morgan fingerprint density at radius 3 is 2.50 bits per heavy atom. The molecule has 30 heavy (non-hydrogen) atoms. The molecule has 3 rings (SSSR count). The summed E-state index contributed by atoms with van der Waals surface area (Å²) in [4.78, 5) is 25.8. The number of hydrogen-bond donors (Lipinski definition) is 1. The van der Waals surface area contributed by atoms with Gasteiger partial charge in [0, 0.05) is 11.6 Å². The molecule has 7 nitrogen and oxygen atoms in total. The first kappa shape index (κ1) is 22.0. The number of nitrogens with one attached hydrogen (secondary N) is 1. The lowest BCUT2D eigenvalue weighted by Gasteiger charge is -2.48. The van der Waals surface area contributed by atoms with E-state index in [1.54, 1.807) is 31.2 Å². The van der Waals surface area contributed by atoms with E-state index in [0.717, 1.165) is 12.1 Å². The number of ether oxygens (including phenoxy) is 1. The maximum Gasteiger partial charge on any atom is 0.267 e. The van der Waals surface area contributed by atoms with Crippen molar-refractivity contribution in [2.75, 3.05) is 13.2 Å². The zero-order valence-corrected chi connectivity index (χ0v) is 17.9. The van der Waals surface area contributed by atoms with Crippen LogP contribution in [0.3, 0.4) is 0 Å². The second-order valence-corrected chi connectivity index (χ2v) is 9.27. The van der Waals surface area contributed by atoms with Crippen LogP contribution in [0.25, 0.3) is 0 Å². The summed E-state index contributed by atoms with van der Waals surface area (Å²) < 4.78 is 46.3. The number of nitrogens with zero attached hydrogens (tertiary/aromatic N) is 1. The molecule has 160 valence electrons. The lowest BCUT2D eigenvalue weighted by Crippen LogP contribution is -2.68. The van der Waals surface area contributed by atoms with Gasteiger partial charge < -0.3 is 9.64 Å². The van der Waals surface area contributed by atoms with Gasteiger partial charge in [-0.15, -0.1) is 0 Å². The molecule has 2 aromatic rings. The quantitative estimate of drug-likeness (QED) is 0.724. The fourth-order valence-corrected chi connectivity index (χ4v) is 4.42. The van der Waals surface area contributed by atoms with E-state index in [1.807, 2.05) is 4.72 Å². The standard InChI is InChI=1S/C20H20ClFN2O5S/c1-13-3-8-16(22)17(11-13)30(27,28)23-19(26)20(2)9-10-24(20)18(25)12-29-15-6-4-14(21)5-7-15/h3-8,11H,9-10,12H2,1-2H3,(H,23,26). The van der Waals surface area contributed by atoms with E-state index in [0.29, 0.717) is 16.3 Å². The van der Waals surface area contributed by atoms with Crippen LogP contribution >= 0.6 is 11.6 Å². The average Bonchev–Trinajstić information content (AvgIpc) is 2.67. The second-order valence-electron chi connectivity index (χ2n) is 7.18. The molecule has 1 unspecified atom stereocenters. The summed E-state index contributed by atoms with van der Waals surface area (Å²) in [5, 5.41) is 0.520. The summed E-state index contributed by atoms with van der Waals surface area (Å²) in [6.45, 7) is 3.00. The molecule has 1 N–H and O–H groups in total. The van der Waals surface area contributed by atoms with E-state index in [1.165, 1.54) is 17.9 Å². The van der Waals surface area contributed by atoms with Gasteiger partial charge in [0.05, 0.1) is 0 Å². The molecule has 1 atom stereocenters. The zero-order chi connectivity index (χ0) is 22.1. The normalized spacial score (nSPS) is 18.5. The van der Waals surface area contributed by atoms with E-state index >= 15 is 0 Å². The molecule has 0 aliphatic carbocycles. The van der Waals surface area contributed by atoms with Crippen LogP contribution in [0.2, 0.25) is 5.02 Å². The lowest BCUT2D eigenvalue weighted by atomic mass is 9.86. The summed E-state index contributed by atoms with van der Waals surface area (Å²) in [6.07, 6.45) is 0.261. The largest absolute Gasteiger partial charge is 0.484 e. The van der Waals surface area contributed by atoms with Gasteiger partial charge in [-0.25, -0.2) is 17.5 Å². The van der Waals surface area contributed by atoms with Gasteiger partial charge in [-0.1, -0.05) is 17.7 Å². The predicted octanol–water partition coefficient (Wildman–Crippen LogP) is 2.66. The Labute approximate surface area is 178 Å². The van der Waals surface area contributed by atoms with Gasteiger partial charge >= 0.3 is 0 Å². The Hall–Kier alpha value is -2.65. The molecule has 2 aromatic carbocycles. The highest BCUT2D eigenvalue weighted by atomic mass is 35.5. The van der Waals surface area contributed by atoms with Crippen molar-refractivity contribution in [2.24, 2.45) is 0 Å². The first-order valence-corrected chi connectivity index (χ1v) is 10.9. The predicted molar refractivity (Wildman–Crippen MR) is 108 cm³/mol. The van der Waals surface area contributed by atoms with Crippen LogP contribution in [0.15, 0.2) is 47.4 Å². The van der Waals surface area contributed by atoms with Crippen LogP contribution in [-0.4, -0.2) is 43.8 Å². The molecule has 1 aliphatic rings. The topological polar surface area (TPSA) is 92.8 Å². The smallest absolute Gasteiger partial charge is 0.267 e. The van der Waals surface area contributed by atoms with Crippen LogP contribution in [0.5, 0.6) is 5.75 Å². The minimum Gasteiger partial charge on any atom is -0.484 e. The molecule has 0 spiro atoms. The molecule has 1 heterocycles. The number of carbonyl (C=O) groups excluding carboxylic acids is 2. The number of hydrogen-bond acceptors (Lipinski definition) is 5. The van der Waals surface area contributed by atoms with Crippen molar-refractivity contribution in [2.45, 2.75) is 30.7 Å². The Morgan fingerprint density at radius 1 is 1.23 bits per heavy atom. The molecule has 1 saturated heterocycles. The number of benzene rings is 2. The van der Waals surface area contributed by atoms with Crippen LogP contribution in [0.1, 0.15) is 18.9 Å². The highest BCUT2D eigenvalue weighted by molar-refractivity contribution is 7.90. The van der Waals surface area contributed by atoms with Crippen LogP contribution < -0.4 is 9.46 Å². The molecule has 1 fully saturated rings. The highest BCUT2D eigenvalue weighted by Gasteiger charge is 2.50. The number of halogens is 2. The van der Waals surface area contributed by atoms with Crippen molar-refractivity contribution < 1.29 is 27.1 Å². The van der Waals surface area contributed by atoms with Crippen molar-refractivity contribution in [3.05, 3.63) is 58.9 Å². The van der Waals surface area contributed by atoms with Crippen LogP contribution in [-0.2, 0) is 19.6 Å². The highest BCUT2D eigenvalue weighted by Crippen LogP contribution is 2.31. The average molecular weight is 455 g/mol. The van der Waals surface area contributed by atoms with Gasteiger partial charge in [-0.2, -0.15) is 0 Å². The number of rotatable bonds is 6. The Kier molecular flexibility index (Phi) is 6.05. The Bertz CT molecular complexity index is 1090. The lowest BCUT2D eigenvalue weighted by molar-refractivity contribution is -0.158. The number of carbonyl (C=O) groups is 2. The third-order valence-corrected chi connectivity index (χ3v) is 6.59. The number of likely N-dealkylation sites (tertiary alicyclic amines) is 1. The maximum absolute atomic E-state index is 14.0. The fraction of sp³-hybridized carbons (Fsp3) is 0.300. The van der Waals surface area contributed by atoms with E-state index in [9.17, 15) is 22.4 Å². The van der Waals surface area contributed by atoms with Crippen molar-refractivity contribution in [1.29, 1.82) is 0 Å². The molecule has 2 amide bonds. The second kappa shape index (κ2) is 8.23. The third kappa shape index (κ3) is 4.41. The van der Waals surface area contributed by atoms with E-state index in [-0.39, 0.29) is 19.6 Å². The minimum atomic E-state index is -4.44. The summed E-state index contributed by atoms with van der Waals surface area (Å²) in [5.41, 5.74) is -0.858. The molecule has 0 radical (unpaired) electrons. The van der Waals surface area contributed by atoms with Gasteiger partial charge in [0.1, 0.15) is 22.0 Å². The van der Waals surface area contributed by atoms with E-state index < -0.39 is 38.1 Å². The first-order valence-electron chi connectivity index (χ1n) is 9.05. The summed E-state index contributed by atoms with van der Waals surface area (Å²) in [7, 11) is -4.44. The van der Waals surface area contributed by atoms with Gasteiger partial charge in [0.15, 0.2) is 6.61 Å². The third-order valence-electron chi connectivity index (χ3n) is 4.99. The monoisotopic (exact) mass is 454 g/mol. The van der Waals surface area contributed by atoms with Crippen molar-refractivity contribution in [3.63, 3.8) is 0 Å². The SMILES string of the molecule is Cc1ccc(F)c(S(=O)(=O)NC(=O)C2(C)CCN2C(=O)COc2ccc(Cl)cc2)c1. The van der Waals surface area contributed by atoms with E-state index in [2.05, 4.69) is 0 Å². The molecular formula is C20H20ClFN2O5S. The Morgan fingerprint density at radius 2 is 1.90 bits per heavy atom. The molecule has 0 aromatic heterocycles. The molecular weight excluding hydrogens is 435 g/mol. The first-order chi connectivity index (χ1) is 14.0. The van der Waals surface area contributed by atoms with E-state index in [4.69, 9.17) is 16.3 Å². The molecule has 1 aliphatic heterocycles. The minimum absolute atomic E-state index is 0.261. The summed E-state index contributed by atoms with van der Waals surface area (Å²) >= 11 is 5.80. The molecule has 0 saturated carbocycles. The van der Waals surface area contributed by atoms with Crippen molar-refractivity contribution in [1.82, 2.24) is 9.62 Å². The van der Waals surface area contributed by atoms with Crippen LogP contribution in [0, 0.1) is 12.7 Å². The maximum atomic E-state index is 14.0. The zero-order valence-electron chi connectivity index (χ0n) is 16.3. The van der Waals surface area contributed by atoms with Gasteiger partial charge in [0.25, 0.3) is 21.8 Å². The summed E-state index contributed by atoms with van der Waals surface area (Å²) in [6, 6.07) is 9.99. The number of aryl methyl sites for hydroxylation is 1. The van der Waals surface area contributed by atoms with Gasteiger partial charge in [-0.3, -0.25) is 9.59 Å². The fourth-order valence-electron chi connectivity index (χ4n) is 3.05. The van der Waals surface area contributed by atoms with Crippen molar-refractivity contribution in [3.8, 4) is 5.75 Å². The van der Waals surface area contributed by atoms with Gasteiger partial charge in [-0.05, 0) is 62.2 Å². The number of sulfonamides is 1. The van der Waals surface area contributed by atoms with Gasteiger partial charge in [0.2, 0.25) is 0 Å². The van der Waals surface area contributed by atoms with Crippen molar-refractivity contribution >= 4 is 33.4 Å². The molecule has 0 bridgehead atoms.